The molecule has 0 bridgehead atoms. The maximum Gasteiger partial charge on any atom is 0.222 e. The zero-order valence-corrected chi connectivity index (χ0v) is 9.48. The van der Waals surface area contributed by atoms with Gasteiger partial charge in [-0.25, -0.2) is 0 Å². The minimum Gasteiger partial charge on any atom is -0.393 e. The van der Waals surface area contributed by atoms with Crippen LogP contribution in [0.1, 0.15) is 39.0 Å². The van der Waals surface area contributed by atoms with Gasteiger partial charge in [0, 0.05) is 19.5 Å². The van der Waals surface area contributed by atoms with Gasteiger partial charge in [-0.05, 0) is 31.1 Å². The van der Waals surface area contributed by atoms with Crippen LogP contribution in [0.3, 0.4) is 0 Å². The SMILES string of the molecule is CC1CC(=O)N(CCC2CCCC2O)C1. The summed E-state index contributed by atoms with van der Waals surface area (Å²) in [4.78, 5) is 13.5. The standard InChI is InChI=1S/C12H21NO2/c1-9-7-12(15)13(8-9)6-5-10-3-2-4-11(10)14/h9-11,14H,2-8H2,1H3. The number of aliphatic hydroxyl groups excluding tert-OH is 1. The van der Waals surface area contributed by atoms with Gasteiger partial charge in [-0.1, -0.05) is 13.3 Å². The van der Waals surface area contributed by atoms with Gasteiger partial charge < -0.3 is 10.0 Å². The second kappa shape index (κ2) is 4.52. The number of hydrogen-bond donors (Lipinski definition) is 1. The summed E-state index contributed by atoms with van der Waals surface area (Å²) in [6.45, 7) is 3.90. The lowest BCUT2D eigenvalue weighted by Crippen LogP contribution is -2.29. The maximum atomic E-state index is 11.5. The van der Waals surface area contributed by atoms with Gasteiger partial charge in [0.2, 0.25) is 5.91 Å². The highest BCUT2D eigenvalue weighted by Gasteiger charge is 2.29. The summed E-state index contributed by atoms with van der Waals surface area (Å²) >= 11 is 0. The largest absolute Gasteiger partial charge is 0.393 e. The number of amides is 1. The first-order chi connectivity index (χ1) is 7.16. The molecule has 86 valence electrons. The van der Waals surface area contributed by atoms with Gasteiger partial charge in [-0.15, -0.1) is 0 Å². The smallest absolute Gasteiger partial charge is 0.222 e. The first-order valence-electron chi connectivity index (χ1n) is 6.12. The fraction of sp³-hybridized carbons (Fsp3) is 0.917. The molecule has 0 radical (unpaired) electrons. The number of rotatable bonds is 3. The summed E-state index contributed by atoms with van der Waals surface area (Å²) in [5, 5.41) is 9.68. The van der Waals surface area contributed by atoms with Gasteiger partial charge in [0.1, 0.15) is 0 Å². The fourth-order valence-corrected chi connectivity index (χ4v) is 2.86. The minimum atomic E-state index is -0.111. The third-order valence-corrected chi connectivity index (χ3v) is 3.80. The van der Waals surface area contributed by atoms with Gasteiger partial charge in [0.25, 0.3) is 0 Å². The molecule has 1 N–H and O–H groups in total. The zero-order chi connectivity index (χ0) is 10.8. The van der Waals surface area contributed by atoms with Crippen molar-refractivity contribution in [2.75, 3.05) is 13.1 Å². The Hall–Kier alpha value is -0.570. The van der Waals surface area contributed by atoms with E-state index in [0.717, 1.165) is 38.8 Å². The van der Waals surface area contributed by atoms with Gasteiger partial charge in [0.05, 0.1) is 6.10 Å². The summed E-state index contributed by atoms with van der Waals surface area (Å²) in [5.41, 5.74) is 0. The molecule has 2 aliphatic rings. The molecule has 1 heterocycles. The van der Waals surface area contributed by atoms with Crippen LogP contribution in [0.4, 0.5) is 0 Å². The number of carbonyl (C=O) groups is 1. The third-order valence-electron chi connectivity index (χ3n) is 3.80. The molecule has 1 aliphatic heterocycles. The molecule has 1 saturated heterocycles. The highest BCUT2D eigenvalue weighted by molar-refractivity contribution is 5.78. The molecule has 0 aromatic carbocycles. The lowest BCUT2D eigenvalue weighted by molar-refractivity contribution is -0.127. The Morgan fingerprint density at radius 3 is 2.80 bits per heavy atom. The molecule has 3 nitrogen and oxygen atoms in total. The molecule has 15 heavy (non-hydrogen) atoms. The summed E-state index contributed by atoms with van der Waals surface area (Å²) < 4.78 is 0. The Kier molecular flexibility index (Phi) is 3.29. The second-order valence-electron chi connectivity index (χ2n) is 5.20. The molecule has 2 rings (SSSR count). The molecule has 0 aromatic rings. The van der Waals surface area contributed by atoms with Gasteiger partial charge in [-0.2, -0.15) is 0 Å². The first kappa shape index (κ1) is 10.9. The molecule has 3 heteroatoms. The monoisotopic (exact) mass is 211 g/mol. The Morgan fingerprint density at radius 2 is 2.27 bits per heavy atom. The van der Waals surface area contributed by atoms with Crippen LogP contribution >= 0.6 is 0 Å². The number of likely N-dealkylation sites (tertiary alicyclic amines) is 1. The maximum absolute atomic E-state index is 11.5. The molecule has 1 amide bonds. The van der Waals surface area contributed by atoms with Crippen LogP contribution in [0, 0.1) is 11.8 Å². The van der Waals surface area contributed by atoms with Crippen molar-refractivity contribution < 1.29 is 9.90 Å². The molecule has 1 aliphatic carbocycles. The average Bonchev–Trinajstić information content (AvgIpc) is 2.70. The average molecular weight is 211 g/mol. The first-order valence-corrected chi connectivity index (χ1v) is 6.12. The lowest BCUT2D eigenvalue weighted by Gasteiger charge is -2.20. The number of aliphatic hydroxyl groups is 1. The van der Waals surface area contributed by atoms with Crippen LogP contribution in [0.2, 0.25) is 0 Å². The molecular weight excluding hydrogens is 190 g/mol. The van der Waals surface area contributed by atoms with Crippen molar-refractivity contribution in [1.29, 1.82) is 0 Å². The minimum absolute atomic E-state index is 0.111. The third kappa shape index (κ3) is 2.51. The number of nitrogens with zero attached hydrogens (tertiary/aromatic N) is 1. The van der Waals surface area contributed by atoms with Gasteiger partial charge >= 0.3 is 0 Å². The topological polar surface area (TPSA) is 40.5 Å². The Morgan fingerprint density at radius 1 is 1.47 bits per heavy atom. The van der Waals surface area contributed by atoms with Crippen molar-refractivity contribution in [3.8, 4) is 0 Å². The van der Waals surface area contributed by atoms with Crippen molar-refractivity contribution in [2.45, 2.75) is 45.1 Å². The van der Waals surface area contributed by atoms with Crippen LogP contribution in [-0.2, 0) is 4.79 Å². The predicted molar refractivity (Wildman–Crippen MR) is 58.3 cm³/mol. The summed E-state index contributed by atoms with van der Waals surface area (Å²) in [7, 11) is 0. The molecule has 0 aromatic heterocycles. The van der Waals surface area contributed by atoms with Crippen molar-refractivity contribution in [2.24, 2.45) is 11.8 Å². The Bertz CT molecular complexity index is 242. The quantitative estimate of drug-likeness (QED) is 0.766. The Labute approximate surface area is 91.5 Å². The molecule has 1 saturated carbocycles. The van der Waals surface area contributed by atoms with Crippen LogP contribution < -0.4 is 0 Å². The Balaban J connectivity index is 1.76. The van der Waals surface area contributed by atoms with Gasteiger partial charge in [0.15, 0.2) is 0 Å². The van der Waals surface area contributed by atoms with E-state index in [1.165, 1.54) is 0 Å². The van der Waals surface area contributed by atoms with Crippen molar-refractivity contribution in [3.05, 3.63) is 0 Å². The highest BCUT2D eigenvalue weighted by atomic mass is 16.3. The fourth-order valence-electron chi connectivity index (χ4n) is 2.86. The normalized spacial score (nSPS) is 36.5. The van der Waals surface area contributed by atoms with E-state index in [1.54, 1.807) is 0 Å². The van der Waals surface area contributed by atoms with Crippen molar-refractivity contribution >= 4 is 5.91 Å². The lowest BCUT2D eigenvalue weighted by atomic mass is 10.0. The van der Waals surface area contributed by atoms with E-state index >= 15 is 0 Å². The summed E-state index contributed by atoms with van der Waals surface area (Å²) in [5.74, 6) is 1.26. The van der Waals surface area contributed by atoms with Crippen molar-refractivity contribution in [3.63, 3.8) is 0 Å². The highest BCUT2D eigenvalue weighted by Crippen LogP contribution is 2.29. The summed E-state index contributed by atoms with van der Waals surface area (Å²) in [6, 6.07) is 0. The van der Waals surface area contributed by atoms with E-state index in [9.17, 15) is 9.90 Å². The van der Waals surface area contributed by atoms with Crippen LogP contribution in [-0.4, -0.2) is 35.1 Å². The molecule has 3 atom stereocenters. The second-order valence-corrected chi connectivity index (χ2v) is 5.20. The van der Waals surface area contributed by atoms with E-state index < -0.39 is 0 Å². The van der Waals surface area contributed by atoms with Crippen LogP contribution in [0.5, 0.6) is 0 Å². The molecular formula is C12H21NO2. The van der Waals surface area contributed by atoms with E-state index in [-0.39, 0.29) is 6.10 Å². The summed E-state index contributed by atoms with van der Waals surface area (Å²) in [6.07, 6.45) is 4.83. The van der Waals surface area contributed by atoms with Crippen LogP contribution in [0.15, 0.2) is 0 Å². The van der Waals surface area contributed by atoms with Crippen LogP contribution in [0.25, 0.3) is 0 Å². The molecule has 2 fully saturated rings. The van der Waals surface area contributed by atoms with E-state index in [0.29, 0.717) is 24.2 Å². The predicted octanol–water partition coefficient (Wildman–Crippen LogP) is 1.41. The van der Waals surface area contributed by atoms with Crippen molar-refractivity contribution in [1.82, 2.24) is 4.90 Å². The number of hydrogen-bond acceptors (Lipinski definition) is 2. The van der Waals surface area contributed by atoms with Gasteiger partial charge in [-0.3, -0.25) is 4.79 Å². The van der Waals surface area contributed by atoms with E-state index in [4.69, 9.17) is 0 Å². The zero-order valence-electron chi connectivity index (χ0n) is 9.48. The number of carbonyl (C=O) groups excluding carboxylic acids is 1. The molecule has 0 spiro atoms. The molecule has 3 unspecified atom stereocenters. The van der Waals surface area contributed by atoms with E-state index in [1.807, 2.05) is 4.90 Å². The van der Waals surface area contributed by atoms with E-state index in [2.05, 4.69) is 6.92 Å².